The summed E-state index contributed by atoms with van der Waals surface area (Å²) in [7, 11) is 0. The molecule has 0 unspecified atom stereocenters. The van der Waals surface area contributed by atoms with Crippen molar-refractivity contribution < 1.29 is 23.6 Å². The highest BCUT2D eigenvalue weighted by atomic mass is 32.1. The van der Waals surface area contributed by atoms with E-state index < -0.39 is 23.4 Å². The van der Waals surface area contributed by atoms with E-state index in [0.717, 1.165) is 10.5 Å². The Bertz CT molecular complexity index is 860. The van der Waals surface area contributed by atoms with Gasteiger partial charge in [-0.05, 0) is 59.3 Å². The fourth-order valence-electron chi connectivity index (χ4n) is 2.14. The molecule has 0 atom stereocenters. The van der Waals surface area contributed by atoms with Crippen molar-refractivity contribution in [1.82, 2.24) is 15.0 Å². The Morgan fingerprint density at radius 1 is 1.04 bits per heavy atom. The van der Waals surface area contributed by atoms with Crippen molar-refractivity contribution in [2.24, 2.45) is 0 Å². The minimum atomic E-state index is -0.772. The molecule has 1 aromatic carbocycles. The molecule has 0 saturated carbocycles. The number of carbonyl (C=O) groups is 2. The van der Waals surface area contributed by atoms with Crippen molar-refractivity contribution >= 4 is 24.4 Å². The number of imide groups is 1. The highest BCUT2D eigenvalue weighted by Gasteiger charge is 2.31. The first-order valence-corrected chi connectivity index (χ1v) is 9.13. The van der Waals surface area contributed by atoms with Crippen LogP contribution in [0.4, 0.5) is 9.59 Å². The number of benzene rings is 1. The topological polar surface area (TPSA) is 97.7 Å². The average Bonchev–Trinajstić information content (AvgIpc) is 2.96. The van der Waals surface area contributed by atoms with Crippen molar-refractivity contribution in [3.8, 4) is 11.4 Å². The van der Waals surface area contributed by atoms with Crippen LogP contribution >= 0.6 is 12.2 Å². The summed E-state index contributed by atoms with van der Waals surface area (Å²) in [4.78, 5) is 30.2. The predicted octanol–water partition coefficient (Wildman–Crippen LogP) is 5.07. The molecule has 0 saturated heterocycles. The van der Waals surface area contributed by atoms with E-state index in [2.05, 4.69) is 10.1 Å². The number of nitrogens with zero attached hydrogens (tertiary/aromatic N) is 2. The molecule has 0 radical (unpaired) electrons. The number of aromatic nitrogens is 2. The van der Waals surface area contributed by atoms with Gasteiger partial charge in [-0.1, -0.05) is 24.3 Å². The molecule has 2 amide bonds. The van der Waals surface area contributed by atoms with E-state index in [9.17, 15) is 9.59 Å². The molecule has 0 aliphatic carbocycles. The van der Waals surface area contributed by atoms with Gasteiger partial charge in [0, 0.05) is 5.56 Å². The largest absolute Gasteiger partial charge is 0.443 e. The van der Waals surface area contributed by atoms with Gasteiger partial charge in [0.25, 0.3) is 0 Å². The maximum atomic E-state index is 12.5. The zero-order valence-electron chi connectivity index (χ0n) is 16.9. The van der Waals surface area contributed by atoms with Gasteiger partial charge in [-0.2, -0.15) is 4.98 Å². The summed E-state index contributed by atoms with van der Waals surface area (Å²) in [6, 6.07) is 7.09. The predicted molar refractivity (Wildman–Crippen MR) is 105 cm³/mol. The van der Waals surface area contributed by atoms with E-state index >= 15 is 0 Å². The third-order valence-electron chi connectivity index (χ3n) is 3.23. The smallest absolute Gasteiger partial charge is 0.420 e. The van der Waals surface area contributed by atoms with Crippen LogP contribution in [0.5, 0.6) is 0 Å². The summed E-state index contributed by atoms with van der Waals surface area (Å²) >= 11 is 4.84. The third kappa shape index (κ3) is 6.49. The Hall–Kier alpha value is -2.68. The molecule has 0 aliphatic heterocycles. The maximum Gasteiger partial charge on any atom is 0.420 e. The zero-order chi connectivity index (χ0) is 21.1. The number of hydrogen-bond acceptors (Lipinski definition) is 7. The monoisotopic (exact) mass is 407 g/mol. The number of hydrogen-bond donors (Lipinski definition) is 1. The molecule has 0 aliphatic rings. The average molecular weight is 407 g/mol. The minimum absolute atomic E-state index is 0.00107. The Labute approximate surface area is 168 Å². The lowest BCUT2D eigenvalue weighted by molar-refractivity contribution is -0.000245. The number of ether oxygens (including phenoxy) is 2. The Balaban J connectivity index is 2.22. The Morgan fingerprint density at radius 3 is 1.93 bits per heavy atom. The summed E-state index contributed by atoms with van der Waals surface area (Å²) < 4.78 is 15.6. The summed E-state index contributed by atoms with van der Waals surface area (Å²) in [6.07, 6.45) is -1.54. The van der Waals surface area contributed by atoms with Gasteiger partial charge in [-0.15, -0.1) is 0 Å². The quantitative estimate of drug-likeness (QED) is 0.709. The minimum Gasteiger partial charge on any atom is -0.443 e. The van der Waals surface area contributed by atoms with Gasteiger partial charge in [0.2, 0.25) is 0 Å². The number of aromatic amines is 1. The van der Waals surface area contributed by atoms with Crippen LogP contribution in [0.3, 0.4) is 0 Å². The first kappa shape index (κ1) is 21.6. The number of carbonyl (C=O) groups excluding carboxylic acids is 2. The van der Waals surface area contributed by atoms with Crippen LogP contribution in [0.15, 0.2) is 28.8 Å². The van der Waals surface area contributed by atoms with Crippen LogP contribution < -0.4 is 0 Å². The lowest BCUT2D eigenvalue weighted by Gasteiger charge is -2.28. The standard InChI is InChI=1S/C19H25N3O5S/c1-18(2,3)25-16(23)22(17(24)26-19(4,5)6)11-12-7-9-13(10-8-12)14-20-15(28)27-21-14/h7-10H,11H2,1-6H3,(H,20,21,28). The molecule has 1 aromatic heterocycles. The second-order valence-electron chi connectivity index (χ2n) is 8.17. The third-order valence-corrected chi connectivity index (χ3v) is 3.41. The van der Waals surface area contributed by atoms with Crippen molar-refractivity contribution in [1.29, 1.82) is 0 Å². The molecule has 2 rings (SSSR count). The van der Waals surface area contributed by atoms with E-state index in [1.54, 1.807) is 65.8 Å². The number of rotatable bonds is 3. The summed E-state index contributed by atoms with van der Waals surface area (Å²) in [5, 5.41) is 2.62. The van der Waals surface area contributed by atoms with Gasteiger partial charge < -0.3 is 14.0 Å². The normalized spacial score (nSPS) is 11.8. The molecule has 9 heteroatoms. The fourth-order valence-corrected chi connectivity index (χ4v) is 2.27. The van der Waals surface area contributed by atoms with Gasteiger partial charge in [0.1, 0.15) is 11.2 Å². The first-order valence-electron chi connectivity index (χ1n) is 8.72. The van der Waals surface area contributed by atoms with E-state index in [-0.39, 0.29) is 11.4 Å². The van der Waals surface area contributed by atoms with E-state index in [0.29, 0.717) is 11.4 Å². The SMILES string of the molecule is CC(C)(C)OC(=O)N(Cc1ccc(-c2nc(=S)o[nH]2)cc1)C(=O)OC(C)(C)C. The molecule has 1 N–H and O–H groups in total. The maximum absolute atomic E-state index is 12.5. The van der Waals surface area contributed by atoms with Crippen molar-refractivity contribution in [2.75, 3.05) is 0 Å². The number of amides is 2. The number of H-pyrrole nitrogens is 1. The Morgan fingerprint density at radius 2 is 1.54 bits per heavy atom. The summed E-state index contributed by atoms with van der Waals surface area (Å²) in [5.41, 5.74) is -0.0232. The van der Waals surface area contributed by atoms with E-state index in [1.807, 2.05) is 0 Å². The lowest BCUT2D eigenvalue weighted by atomic mass is 10.1. The highest BCUT2D eigenvalue weighted by Crippen LogP contribution is 2.19. The molecule has 28 heavy (non-hydrogen) atoms. The van der Waals surface area contributed by atoms with Crippen LogP contribution in [0.1, 0.15) is 47.1 Å². The number of nitrogens with one attached hydrogen (secondary N) is 1. The summed E-state index contributed by atoms with van der Waals surface area (Å²) in [5.74, 6) is 0.493. The second-order valence-corrected chi connectivity index (χ2v) is 8.52. The fraction of sp³-hybridized carbons (Fsp3) is 0.474. The lowest BCUT2D eigenvalue weighted by Crippen LogP contribution is -2.43. The molecule has 8 nitrogen and oxygen atoms in total. The molecule has 2 aromatic rings. The van der Waals surface area contributed by atoms with Crippen molar-refractivity contribution in [3.63, 3.8) is 0 Å². The summed E-state index contributed by atoms with van der Waals surface area (Å²) in [6.45, 7) is 10.4. The first-order chi connectivity index (χ1) is 12.8. The van der Waals surface area contributed by atoms with Crippen LogP contribution in [0, 0.1) is 4.84 Å². The van der Waals surface area contributed by atoms with Gasteiger partial charge in [-0.25, -0.2) is 19.6 Å². The van der Waals surface area contributed by atoms with Crippen molar-refractivity contribution in [3.05, 3.63) is 34.7 Å². The molecule has 1 heterocycles. The highest BCUT2D eigenvalue weighted by molar-refractivity contribution is 7.71. The Kier molecular flexibility index (Phi) is 6.28. The molecular formula is C19H25N3O5S. The van der Waals surface area contributed by atoms with Crippen LogP contribution in [-0.4, -0.2) is 38.4 Å². The van der Waals surface area contributed by atoms with Crippen LogP contribution in [0.25, 0.3) is 11.4 Å². The van der Waals surface area contributed by atoms with Gasteiger partial charge >= 0.3 is 17.0 Å². The van der Waals surface area contributed by atoms with Crippen molar-refractivity contribution in [2.45, 2.75) is 59.3 Å². The van der Waals surface area contributed by atoms with Gasteiger partial charge in [0.15, 0.2) is 5.82 Å². The van der Waals surface area contributed by atoms with E-state index in [4.69, 9.17) is 26.2 Å². The van der Waals surface area contributed by atoms with E-state index in [1.165, 1.54) is 0 Å². The molecular weight excluding hydrogens is 382 g/mol. The molecule has 0 bridgehead atoms. The van der Waals surface area contributed by atoms with Gasteiger partial charge in [0.05, 0.1) is 6.54 Å². The second kappa shape index (κ2) is 8.14. The molecule has 0 fully saturated rings. The molecule has 0 spiro atoms. The molecule has 152 valence electrons. The zero-order valence-corrected chi connectivity index (χ0v) is 17.7. The van der Waals surface area contributed by atoms with Crippen LogP contribution in [0.2, 0.25) is 0 Å². The van der Waals surface area contributed by atoms with Crippen LogP contribution in [-0.2, 0) is 16.0 Å². The van der Waals surface area contributed by atoms with Gasteiger partial charge in [-0.3, -0.25) is 0 Å².